The van der Waals surface area contributed by atoms with E-state index in [0.29, 0.717) is 22.4 Å². The van der Waals surface area contributed by atoms with E-state index in [2.05, 4.69) is 17.5 Å². The fraction of sp³-hybridized carbons (Fsp3) is 0.235. The summed E-state index contributed by atoms with van der Waals surface area (Å²) in [5.74, 6) is 0.495. The van der Waals surface area contributed by atoms with Gasteiger partial charge in [0, 0.05) is 5.92 Å². The highest BCUT2D eigenvalue weighted by atomic mass is 35.5. The average molecular weight is 333 g/mol. The number of nitrogens with two attached hydrogens (primary N) is 1. The number of ether oxygens (including phenoxy) is 1. The molecule has 4 N–H and O–H groups in total. The van der Waals surface area contributed by atoms with Crippen molar-refractivity contribution in [3.05, 3.63) is 65.0 Å². The first-order chi connectivity index (χ1) is 11.0. The van der Waals surface area contributed by atoms with Crippen LogP contribution < -0.4 is 15.8 Å². The summed E-state index contributed by atoms with van der Waals surface area (Å²) in [6.45, 7) is 0. The number of nitrogens with one attached hydrogen (secondary N) is 1. The van der Waals surface area contributed by atoms with Gasteiger partial charge in [0.05, 0.1) is 11.1 Å². The highest BCUT2D eigenvalue weighted by Gasteiger charge is 2.22. The first-order valence-electron chi connectivity index (χ1n) is 7.30. The highest BCUT2D eigenvalue weighted by Crippen LogP contribution is 2.30. The van der Waals surface area contributed by atoms with Crippen LogP contribution in [0.1, 0.15) is 5.56 Å². The summed E-state index contributed by atoms with van der Waals surface area (Å²) in [4.78, 5) is 10.9. The number of allylic oxidation sites excluding steroid dienone is 1. The van der Waals surface area contributed by atoms with Gasteiger partial charge in [-0.25, -0.2) is 0 Å². The quantitative estimate of drug-likeness (QED) is 0.770. The Morgan fingerprint density at radius 2 is 2.26 bits per heavy atom. The van der Waals surface area contributed by atoms with Gasteiger partial charge in [-0.2, -0.15) is 0 Å². The summed E-state index contributed by atoms with van der Waals surface area (Å²) in [5.41, 5.74) is 6.33. The summed E-state index contributed by atoms with van der Waals surface area (Å²) in [5, 5.41) is 12.6. The third kappa shape index (κ3) is 3.57. The van der Waals surface area contributed by atoms with Gasteiger partial charge in [0.25, 0.3) is 0 Å². The smallest absolute Gasteiger partial charge is 0.320 e. The van der Waals surface area contributed by atoms with Crippen molar-refractivity contribution in [2.24, 2.45) is 11.7 Å². The minimum absolute atomic E-state index is 0.192. The van der Waals surface area contributed by atoms with E-state index in [1.165, 1.54) is 0 Å². The van der Waals surface area contributed by atoms with E-state index in [9.17, 15) is 4.79 Å². The molecule has 120 valence electrons. The number of hydrogen-bond acceptors (Lipinski definition) is 4. The molecule has 3 atom stereocenters. The molecule has 1 aliphatic heterocycles. The largest absolute Gasteiger partial charge is 0.480 e. The maximum atomic E-state index is 10.9. The highest BCUT2D eigenvalue weighted by molar-refractivity contribution is 6.32. The predicted molar refractivity (Wildman–Crippen MR) is 88.2 cm³/mol. The number of rotatable bonds is 5. The number of aliphatic carboxylic acids is 1. The summed E-state index contributed by atoms with van der Waals surface area (Å²) < 4.78 is 5.86. The topological polar surface area (TPSA) is 84.6 Å². The van der Waals surface area contributed by atoms with Crippen molar-refractivity contribution in [2.75, 3.05) is 0 Å². The van der Waals surface area contributed by atoms with E-state index in [1.807, 2.05) is 18.4 Å². The van der Waals surface area contributed by atoms with Crippen LogP contribution in [0.25, 0.3) is 0 Å². The molecule has 23 heavy (non-hydrogen) atoms. The maximum absolute atomic E-state index is 10.9. The van der Waals surface area contributed by atoms with E-state index in [4.69, 9.17) is 27.2 Å². The van der Waals surface area contributed by atoms with Gasteiger partial charge < -0.3 is 20.9 Å². The maximum Gasteiger partial charge on any atom is 0.320 e. The molecule has 0 aromatic heterocycles. The lowest BCUT2D eigenvalue weighted by Crippen LogP contribution is -2.32. The lowest BCUT2D eigenvalue weighted by Gasteiger charge is -2.20. The lowest BCUT2D eigenvalue weighted by atomic mass is 9.97. The molecule has 3 rings (SSSR count). The Morgan fingerprint density at radius 1 is 1.43 bits per heavy atom. The van der Waals surface area contributed by atoms with Crippen LogP contribution in [-0.4, -0.2) is 23.2 Å². The van der Waals surface area contributed by atoms with Crippen molar-refractivity contribution in [3.8, 4) is 5.75 Å². The first kappa shape index (κ1) is 15.6. The second-order valence-corrected chi connectivity index (χ2v) is 5.98. The number of benzene rings is 1. The number of hydrogen-bond donors (Lipinski definition) is 3. The molecule has 6 heteroatoms. The second kappa shape index (κ2) is 6.48. The van der Waals surface area contributed by atoms with Crippen molar-refractivity contribution in [1.29, 1.82) is 0 Å². The zero-order chi connectivity index (χ0) is 16.4. The predicted octanol–water partition coefficient (Wildman–Crippen LogP) is 2.23. The summed E-state index contributed by atoms with van der Waals surface area (Å²) in [6.07, 6.45) is 10.2. The lowest BCUT2D eigenvalue weighted by molar-refractivity contribution is -0.138. The third-order valence-electron chi connectivity index (χ3n) is 3.84. The van der Waals surface area contributed by atoms with Crippen molar-refractivity contribution in [2.45, 2.75) is 18.5 Å². The molecule has 1 heterocycles. The Bertz CT molecular complexity index is 712. The van der Waals surface area contributed by atoms with E-state index in [0.717, 1.165) is 5.56 Å². The summed E-state index contributed by atoms with van der Waals surface area (Å²) in [6, 6.07) is 4.41. The number of halogens is 1. The van der Waals surface area contributed by atoms with Crippen LogP contribution >= 0.6 is 11.6 Å². The molecule has 0 saturated heterocycles. The van der Waals surface area contributed by atoms with Gasteiger partial charge in [-0.05, 0) is 42.5 Å². The number of carboxylic acids is 1. The van der Waals surface area contributed by atoms with Gasteiger partial charge in [-0.1, -0.05) is 29.8 Å². The Kier molecular flexibility index (Phi) is 4.41. The minimum atomic E-state index is -1.04. The van der Waals surface area contributed by atoms with Crippen LogP contribution in [0.3, 0.4) is 0 Å². The molecular formula is C17H17ClN2O3. The van der Waals surface area contributed by atoms with E-state index < -0.39 is 12.0 Å². The van der Waals surface area contributed by atoms with Crippen LogP contribution in [0.15, 0.2) is 54.5 Å². The molecule has 0 fully saturated rings. The zero-order valence-electron chi connectivity index (χ0n) is 12.3. The van der Waals surface area contributed by atoms with Crippen molar-refractivity contribution in [1.82, 2.24) is 5.32 Å². The molecular weight excluding hydrogens is 316 g/mol. The van der Waals surface area contributed by atoms with Crippen LogP contribution in [0.5, 0.6) is 5.75 Å². The third-order valence-corrected chi connectivity index (χ3v) is 4.16. The molecule has 0 spiro atoms. The molecule has 0 bridgehead atoms. The second-order valence-electron chi connectivity index (χ2n) is 5.57. The van der Waals surface area contributed by atoms with Crippen molar-refractivity contribution < 1.29 is 14.6 Å². The molecule has 2 aliphatic rings. The Hall–Kier alpha value is -2.24. The molecule has 1 aromatic carbocycles. The standard InChI is InChI=1S/C17H17ClN2O3/c18-13-4-1-10(7-14(19)17(21)22)8-16(13)23-12-3-2-11-5-6-20-15(11)9-12/h1-6,8-9,11,14-15,20H,7,19H2,(H,21,22). The number of fused-ring (bicyclic) bond motifs is 1. The minimum Gasteiger partial charge on any atom is -0.480 e. The Balaban J connectivity index is 1.75. The van der Waals surface area contributed by atoms with Crippen molar-refractivity contribution >= 4 is 17.6 Å². The first-order valence-corrected chi connectivity index (χ1v) is 7.68. The number of carboxylic acid groups (broad SMARTS) is 1. The van der Waals surface area contributed by atoms with Crippen LogP contribution in [-0.2, 0) is 11.2 Å². The fourth-order valence-corrected chi connectivity index (χ4v) is 2.74. The fourth-order valence-electron chi connectivity index (χ4n) is 2.58. The summed E-state index contributed by atoms with van der Waals surface area (Å²) >= 11 is 6.17. The van der Waals surface area contributed by atoms with Gasteiger partial charge in [0.15, 0.2) is 0 Å². The molecule has 0 saturated carbocycles. The normalized spacial score (nSPS) is 23.0. The Labute approximate surface area is 139 Å². The van der Waals surface area contributed by atoms with E-state index in [-0.39, 0.29) is 12.5 Å². The van der Waals surface area contributed by atoms with Gasteiger partial charge in [0.2, 0.25) is 0 Å². The molecule has 1 aliphatic carbocycles. The molecule has 3 unspecified atom stereocenters. The number of carbonyl (C=O) groups is 1. The summed E-state index contributed by atoms with van der Waals surface area (Å²) in [7, 11) is 0. The molecule has 0 radical (unpaired) electrons. The molecule has 1 aromatic rings. The SMILES string of the molecule is NC(Cc1ccc(Cl)c(OC2=CC3NC=CC3C=C2)c1)C(=O)O. The van der Waals surface area contributed by atoms with Gasteiger partial charge in [-0.15, -0.1) is 0 Å². The van der Waals surface area contributed by atoms with E-state index in [1.54, 1.807) is 18.2 Å². The average Bonchev–Trinajstić information content (AvgIpc) is 2.98. The van der Waals surface area contributed by atoms with Gasteiger partial charge in [-0.3, -0.25) is 4.79 Å². The molecule has 0 amide bonds. The Morgan fingerprint density at radius 3 is 3.04 bits per heavy atom. The van der Waals surface area contributed by atoms with E-state index >= 15 is 0 Å². The van der Waals surface area contributed by atoms with Crippen molar-refractivity contribution in [3.63, 3.8) is 0 Å². The van der Waals surface area contributed by atoms with Crippen LogP contribution in [0, 0.1) is 5.92 Å². The van der Waals surface area contributed by atoms with Gasteiger partial charge in [0.1, 0.15) is 17.6 Å². The zero-order valence-corrected chi connectivity index (χ0v) is 13.0. The molecule has 5 nitrogen and oxygen atoms in total. The van der Waals surface area contributed by atoms with Crippen LogP contribution in [0.4, 0.5) is 0 Å². The monoisotopic (exact) mass is 332 g/mol. The van der Waals surface area contributed by atoms with Crippen LogP contribution in [0.2, 0.25) is 5.02 Å². The van der Waals surface area contributed by atoms with Gasteiger partial charge >= 0.3 is 5.97 Å².